The Morgan fingerprint density at radius 2 is 1.79 bits per heavy atom. The summed E-state index contributed by atoms with van der Waals surface area (Å²) in [7, 11) is 0. The van der Waals surface area contributed by atoms with Gasteiger partial charge in [0, 0.05) is 11.2 Å². The van der Waals surface area contributed by atoms with Gasteiger partial charge in [-0.15, -0.1) is 0 Å². The molecule has 5 N–H and O–H groups in total. The zero-order chi connectivity index (χ0) is 24.2. The minimum absolute atomic E-state index is 0.0596. The molecule has 9 heteroatoms. The van der Waals surface area contributed by atoms with Gasteiger partial charge in [-0.3, -0.25) is 19.3 Å². The summed E-state index contributed by atoms with van der Waals surface area (Å²) in [4.78, 5) is 39.3. The predicted molar refractivity (Wildman–Crippen MR) is 132 cm³/mol. The Labute approximate surface area is 198 Å². The van der Waals surface area contributed by atoms with Crippen molar-refractivity contribution in [2.45, 2.75) is 70.8 Å². The van der Waals surface area contributed by atoms with Gasteiger partial charge in [0.15, 0.2) is 5.69 Å². The fraction of sp³-hybridized carbons (Fsp3) is 0.500. The van der Waals surface area contributed by atoms with Crippen molar-refractivity contribution in [3.63, 3.8) is 0 Å². The zero-order valence-electron chi connectivity index (χ0n) is 19.5. The second-order valence-electron chi connectivity index (χ2n) is 9.24. The summed E-state index contributed by atoms with van der Waals surface area (Å²) in [6, 6.07) is 7.80. The number of primary amides is 1. The topological polar surface area (TPSA) is 131 Å². The van der Waals surface area contributed by atoms with Crippen LogP contribution in [0.4, 0.5) is 11.4 Å². The molecule has 0 atom stereocenters. The van der Waals surface area contributed by atoms with Gasteiger partial charge in [-0.2, -0.15) is 4.37 Å². The van der Waals surface area contributed by atoms with E-state index in [1.165, 1.54) is 42.6 Å². The molecule has 0 bridgehead atoms. The fourth-order valence-electron chi connectivity index (χ4n) is 4.04. The molecular weight excluding hydrogens is 438 g/mol. The highest BCUT2D eigenvalue weighted by Gasteiger charge is 2.29. The largest absolute Gasteiger partial charge is 0.395 e. The molecule has 0 aliphatic heterocycles. The van der Waals surface area contributed by atoms with Gasteiger partial charge in [0.2, 0.25) is 5.91 Å². The number of hydrogen-bond donors (Lipinski definition) is 3. The number of carbonyl (C=O) groups excluding carboxylic acids is 3. The lowest BCUT2D eigenvalue weighted by molar-refractivity contribution is -0.121. The fourth-order valence-corrected chi connectivity index (χ4v) is 4.80. The Morgan fingerprint density at radius 3 is 2.33 bits per heavy atom. The van der Waals surface area contributed by atoms with Crippen molar-refractivity contribution in [1.82, 2.24) is 9.69 Å². The van der Waals surface area contributed by atoms with Crippen LogP contribution < -0.4 is 21.7 Å². The van der Waals surface area contributed by atoms with E-state index in [-0.39, 0.29) is 28.7 Å². The maximum Gasteiger partial charge on any atom is 0.272 e. The van der Waals surface area contributed by atoms with Crippen LogP contribution in [-0.2, 0) is 4.79 Å². The molecule has 0 saturated heterocycles. The van der Waals surface area contributed by atoms with Crippen LogP contribution in [0.3, 0.4) is 0 Å². The van der Waals surface area contributed by atoms with Crippen molar-refractivity contribution in [3.8, 4) is 0 Å². The standard InChI is InChI=1S/C24H33N5O3S/c1-4-24(2,3)27-18(30)14-29(23(32)21-19(25)20(22(26)31)28-33-21)17-12-10-16(11-13-17)15-8-6-5-7-9-15/h10-13,15H,4-9,14,25H2,1-3H3,(H2,26,31)(H,27,30). The number of nitrogen functional groups attached to an aromatic ring is 1. The summed E-state index contributed by atoms with van der Waals surface area (Å²) >= 11 is 0.807. The minimum Gasteiger partial charge on any atom is -0.395 e. The van der Waals surface area contributed by atoms with E-state index in [1.54, 1.807) is 0 Å². The summed E-state index contributed by atoms with van der Waals surface area (Å²) < 4.78 is 3.93. The monoisotopic (exact) mass is 471 g/mol. The highest BCUT2D eigenvalue weighted by molar-refractivity contribution is 7.09. The Balaban J connectivity index is 1.90. The lowest BCUT2D eigenvalue weighted by Crippen LogP contribution is -2.48. The van der Waals surface area contributed by atoms with E-state index in [2.05, 4.69) is 9.69 Å². The third kappa shape index (κ3) is 5.90. The van der Waals surface area contributed by atoms with Gasteiger partial charge >= 0.3 is 0 Å². The van der Waals surface area contributed by atoms with Crippen molar-refractivity contribution in [3.05, 3.63) is 40.4 Å². The quantitative estimate of drug-likeness (QED) is 0.538. The smallest absolute Gasteiger partial charge is 0.272 e. The number of nitrogens with zero attached hydrogens (tertiary/aromatic N) is 2. The molecule has 1 aromatic carbocycles. The summed E-state index contributed by atoms with van der Waals surface area (Å²) in [5.74, 6) is -1.05. The van der Waals surface area contributed by atoms with Crippen LogP contribution >= 0.6 is 11.5 Å². The van der Waals surface area contributed by atoms with E-state index in [1.807, 2.05) is 45.0 Å². The number of rotatable bonds is 8. The van der Waals surface area contributed by atoms with E-state index in [4.69, 9.17) is 11.5 Å². The summed E-state index contributed by atoms with van der Waals surface area (Å²) in [6.45, 7) is 5.65. The van der Waals surface area contributed by atoms with Gasteiger partial charge in [-0.1, -0.05) is 38.3 Å². The average Bonchev–Trinajstić information content (AvgIpc) is 3.19. The molecule has 1 heterocycles. The van der Waals surface area contributed by atoms with Crippen LogP contribution in [-0.4, -0.2) is 34.2 Å². The first kappa shape index (κ1) is 24.7. The van der Waals surface area contributed by atoms with Gasteiger partial charge in [-0.05, 0) is 68.3 Å². The van der Waals surface area contributed by atoms with E-state index >= 15 is 0 Å². The van der Waals surface area contributed by atoms with Crippen LogP contribution in [0.1, 0.15) is 90.9 Å². The first-order chi connectivity index (χ1) is 15.6. The molecule has 3 amide bonds. The molecule has 0 unspecified atom stereocenters. The Morgan fingerprint density at radius 1 is 1.15 bits per heavy atom. The highest BCUT2D eigenvalue weighted by atomic mass is 32.1. The van der Waals surface area contributed by atoms with Crippen molar-refractivity contribution in [2.75, 3.05) is 17.2 Å². The van der Waals surface area contributed by atoms with Crippen molar-refractivity contribution in [2.24, 2.45) is 5.73 Å². The number of aromatic nitrogens is 1. The molecule has 178 valence electrons. The normalized spacial score (nSPS) is 14.6. The predicted octanol–water partition coefficient (Wildman–Crippen LogP) is 3.82. The Bertz CT molecular complexity index is 1010. The van der Waals surface area contributed by atoms with Crippen molar-refractivity contribution < 1.29 is 14.4 Å². The van der Waals surface area contributed by atoms with E-state index in [0.29, 0.717) is 11.6 Å². The van der Waals surface area contributed by atoms with Crippen LogP contribution in [0.25, 0.3) is 0 Å². The molecule has 0 radical (unpaired) electrons. The lowest BCUT2D eigenvalue weighted by atomic mass is 9.84. The number of amides is 3. The highest BCUT2D eigenvalue weighted by Crippen LogP contribution is 2.34. The SMILES string of the molecule is CCC(C)(C)NC(=O)CN(C(=O)c1snc(C(N)=O)c1N)c1ccc(C2CCCCC2)cc1. The summed E-state index contributed by atoms with van der Waals surface area (Å²) in [5, 5.41) is 2.96. The number of benzene rings is 1. The van der Waals surface area contributed by atoms with Gasteiger partial charge in [0.1, 0.15) is 11.4 Å². The number of carbonyl (C=O) groups is 3. The lowest BCUT2D eigenvalue weighted by Gasteiger charge is -2.28. The molecule has 33 heavy (non-hydrogen) atoms. The van der Waals surface area contributed by atoms with Crippen LogP contribution in [0, 0.1) is 0 Å². The number of nitrogens with one attached hydrogen (secondary N) is 1. The van der Waals surface area contributed by atoms with Gasteiger partial charge in [0.25, 0.3) is 11.8 Å². The second kappa shape index (κ2) is 10.3. The van der Waals surface area contributed by atoms with Crippen LogP contribution in [0.5, 0.6) is 0 Å². The van der Waals surface area contributed by atoms with Crippen molar-refractivity contribution in [1.29, 1.82) is 0 Å². The number of anilines is 2. The molecule has 8 nitrogen and oxygen atoms in total. The molecule has 2 aromatic rings. The van der Waals surface area contributed by atoms with E-state index in [0.717, 1.165) is 18.0 Å². The molecule has 0 spiro atoms. The molecule has 1 saturated carbocycles. The number of hydrogen-bond acceptors (Lipinski definition) is 6. The Kier molecular flexibility index (Phi) is 7.73. The van der Waals surface area contributed by atoms with Gasteiger partial charge in [0.05, 0.1) is 5.69 Å². The first-order valence-corrected chi connectivity index (χ1v) is 12.2. The number of nitrogens with two attached hydrogens (primary N) is 2. The Hall–Kier alpha value is -2.94. The average molecular weight is 472 g/mol. The van der Waals surface area contributed by atoms with Gasteiger partial charge in [-0.25, -0.2) is 0 Å². The molecular formula is C24H33N5O3S. The molecule has 1 aliphatic rings. The third-order valence-corrected chi connectivity index (χ3v) is 7.20. The maximum atomic E-state index is 13.4. The minimum atomic E-state index is -0.798. The molecule has 3 rings (SSSR count). The van der Waals surface area contributed by atoms with E-state index < -0.39 is 17.4 Å². The third-order valence-electron chi connectivity index (χ3n) is 6.35. The molecule has 1 fully saturated rings. The van der Waals surface area contributed by atoms with Gasteiger partial charge < -0.3 is 16.8 Å². The van der Waals surface area contributed by atoms with Crippen LogP contribution in [0.2, 0.25) is 0 Å². The second-order valence-corrected chi connectivity index (χ2v) is 10.0. The molecule has 1 aromatic heterocycles. The van der Waals surface area contributed by atoms with Crippen molar-refractivity contribution >= 4 is 40.6 Å². The zero-order valence-corrected chi connectivity index (χ0v) is 20.3. The maximum absolute atomic E-state index is 13.4. The molecule has 1 aliphatic carbocycles. The summed E-state index contributed by atoms with van der Waals surface area (Å²) in [5.41, 5.74) is 12.5. The summed E-state index contributed by atoms with van der Waals surface area (Å²) in [6.07, 6.45) is 6.83. The van der Waals surface area contributed by atoms with Crippen LogP contribution in [0.15, 0.2) is 24.3 Å². The van der Waals surface area contributed by atoms with E-state index in [9.17, 15) is 14.4 Å². The first-order valence-electron chi connectivity index (χ1n) is 11.4.